The average Bonchev–Trinajstić information content (AvgIpc) is 2.20. The van der Waals surface area contributed by atoms with E-state index in [0.29, 0.717) is 24.8 Å². The van der Waals surface area contributed by atoms with Crippen LogP contribution in [0.4, 0.5) is 0 Å². The molecule has 0 spiro atoms. The summed E-state index contributed by atoms with van der Waals surface area (Å²) in [6.07, 6.45) is 1.47. The fourth-order valence-corrected chi connectivity index (χ4v) is 2.97. The molecule has 0 aliphatic heterocycles. The lowest BCUT2D eigenvalue weighted by Gasteiger charge is -2.26. The summed E-state index contributed by atoms with van der Waals surface area (Å²) < 4.78 is 25.9. The van der Waals surface area contributed by atoms with Gasteiger partial charge in [0.15, 0.2) is 0 Å². The van der Waals surface area contributed by atoms with E-state index in [2.05, 4.69) is 23.5 Å². The summed E-state index contributed by atoms with van der Waals surface area (Å²) in [5.74, 6) is 1.04. The van der Waals surface area contributed by atoms with Crippen LogP contribution in [0.25, 0.3) is 0 Å². The van der Waals surface area contributed by atoms with Gasteiger partial charge >= 0.3 is 0 Å². The monoisotopic (exact) mass is 284 g/mol. The highest BCUT2D eigenvalue weighted by Gasteiger charge is 2.17. The first-order valence-electron chi connectivity index (χ1n) is 5.98. The van der Waals surface area contributed by atoms with E-state index in [1.807, 2.05) is 14.1 Å². The molecule has 0 radical (unpaired) electrons. The van der Waals surface area contributed by atoms with Crippen molar-refractivity contribution in [3.8, 4) is 0 Å². The van der Waals surface area contributed by atoms with Gasteiger partial charge in [0.2, 0.25) is 10.0 Å². The molecule has 6 heteroatoms. The van der Waals surface area contributed by atoms with Gasteiger partial charge in [-0.05, 0) is 32.9 Å². The Kier molecular flexibility index (Phi) is 8.37. The highest BCUT2D eigenvalue weighted by atomic mass is 35.5. The van der Waals surface area contributed by atoms with Gasteiger partial charge in [-0.3, -0.25) is 0 Å². The predicted octanol–water partition coefficient (Wildman–Crippen LogP) is 1.51. The minimum absolute atomic E-state index is 0.109. The predicted molar refractivity (Wildman–Crippen MR) is 74.1 cm³/mol. The van der Waals surface area contributed by atoms with Crippen LogP contribution in [-0.4, -0.2) is 51.6 Å². The molecule has 17 heavy (non-hydrogen) atoms. The molecule has 4 nitrogen and oxygen atoms in total. The number of hydrogen-bond acceptors (Lipinski definition) is 3. The Balaban J connectivity index is 4.20. The van der Waals surface area contributed by atoms with Crippen molar-refractivity contribution < 1.29 is 8.42 Å². The molecule has 0 amide bonds. The zero-order valence-electron chi connectivity index (χ0n) is 11.2. The molecule has 1 atom stereocenters. The second kappa shape index (κ2) is 8.29. The topological polar surface area (TPSA) is 49.4 Å². The van der Waals surface area contributed by atoms with Crippen LogP contribution in [0.15, 0.2) is 0 Å². The number of hydrogen-bond donors (Lipinski definition) is 1. The SMILES string of the molecule is CC(C)CC(CNS(=O)(=O)CCCCl)N(C)C. The molecule has 104 valence electrons. The van der Waals surface area contributed by atoms with Crippen molar-refractivity contribution in [2.24, 2.45) is 5.92 Å². The van der Waals surface area contributed by atoms with Crippen molar-refractivity contribution in [3.05, 3.63) is 0 Å². The first-order valence-corrected chi connectivity index (χ1v) is 8.17. The van der Waals surface area contributed by atoms with E-state index in [9.17, 15) is 8.42 Å². The summed E-state index contributed by atoms with van der Waals surface area (Å²) >= 11 is 5.49. The quantitative estimate of drug-likeness (QED) is 0.653. The molecule has 0 aromatic carbocycles. The third-order valence-corrected chi connectivity index (χ3v) is 4.26. The molecule has 0 bridgehead atoms. The second-order valence-electron chi connectivity index (χ2n) is 4.96. The maximum absolute atomic E-state index is 11.6. The number of nitrogens with zero attached hydrogens (tertiary/aromatic N) is 1. The summed E-state index contributed by atoms with van der Waals surface area (Å²) in [4.78, 5) is 2.06. The Morgan fingerprint density at radius 2 is 1.88 bits per heavy atom. The van der Waals surface area contributed by atoms with Crippen LogP contribution in [0.3, 0.4) is 0 Å². The maximum atomic E-state index is 11.6. The normalized spacial score (nSPS) is 14.5. The van der Waals surface area contributed by atoms with Crippen molar-refractivity contribution in [2.75, 3.05) is 32.3 Å². The summed E-state index contributed by atoms with van der Waals surface area (Å²) in [7, 11) is 0.775. The zero-order valence-corrected chi connectivity index (χ0v) is 12.8. The summed E-state index contributed by atoms with van der Waals surface area (Å²) in [6.45, 7) is 4.74. The Morgan fingerprint density at radius 3 is 2.29 bits per heavy atom. The molecule has 0 aliphatic carbocycles. The maximum Gasteiger partial charge on any atom is 0.211 e. The largest absolute Gasteiger partial charge is 0.305 e. The first kappa shape index (κ1) is 17.2. The number of rotatable bonds is 9. The van der Waals surface area contributed by atoms with Crippen LogP contribution in [0.5, 0.6) is 0 Å². The Labute approximate surface area is 111 Å². The zero-order chi connectivity index (χ0) is 13.5. The Hall–Kier alpha value is 0.160. The van der Waals surface area contributed by atoms with E-state index in [-0.39, 0.29) is 11.8 Å². The van der Waals surface area contributed by atoms with E-state index < -0.39 is 10.0 Å². The summed E-state index contributed by atoms with van der Waals surface area (Å²) in [5.41, 5.74) is 0. The lowest BCUT2D eigenvalue weighted by atomic mass is 10.0. The van der Waals surface area contributed by atoms with Gasteiger partial charge < -0.3 is 4.90 Å². The van der Waals surface area contributed by atoms with E-state index in [4.69, 9.17) is 11.6 Å². The third-order valence-electron chi connectivity index (χ3n) is 2.56. The van der Waals surface area contributed by atoms with Crippen molar-refractivity contribution in [3.63, 3.8) is 0 Å². The van der Waals surface area contributed by atoms with Gasteiger partial charge in [0.25, 0.3) is 0 Å². The van der Waals surface area contributed by atoms with Crippen molar-refractivity contribution in [1.82, 2.24) is 9.62 Å². The fraction of sp³-hybridized carbons (Fsp3) is 1.00. The third kappa shape index (κ3) is 8.83. The van der Waals surface area contributed by atoms with Gasteiger partial charge in [-0.2, -0.15) is 0 Å². The molecular formula is C11H25ClN2O2S. The molecule has 0 saturated heterocycles. The van der Waals surface area contributed by atoms with E-state index in [0.717, 1.165) is 6.42 Å². The van der Waals surface area contributed by atoms with Crippen LogP contribution < -0.4 is 4.72 Å². The molecule has 0 heterocycles. The smallest absolute Gasteiger partial charge is 0.211 e. The molecule has 0 saturated carbocycles. The fourth-order valence-electron chi connectivity index (χ4n) is 1.56. The van der Waals surface area contributed by atoms with Gasteiger partial charge in [0.05, 0.1) is 5.75 Å². The molecule has 1 unspecified atom stereocenters. The van der Waals surface area contributed by atoms with Gasteiger partial charge in [-0.15, -0.1) is 11.6 Å². The minimum Gasteiger partial charge on any atom is -0.305 e. The van der Waals surface area contributed by atoms with Crippen LogP contribution >= 0.6 is 11.6 Å². The molecule has 0 rings (SSSR count). The molecule has 0 aromatic heterocycles. The second-order valence-corrected chi connectivity index (χ2v) is 7.26. The van der Waals surface area contributed by atoms with Gasteiger partial charge in [0, 0.05) is 18.5 Å². The Morgan fingerprint density at radius 1 is 1.29 bits per heavy atom. The summed E-state index contributed by atoms with van der Waals surface area (Å²) in [6, 6.07) is 0.237. The highest BCUT2D eigenvalue weighted by Crippen LogP contribution is 2.08. The van der Waals surface area contributed by atoms with Gasteiger partial charge in [-0.25, -0.2) is 13.1 Å². The molecule has 0 fully saturated rings. The van der Waals surface area contributed by atoms with Crippen molar-refractivity contribution in [1.29, 1.82) is 0 Å². The molecule has 0 aliphatic rings. The highest BCUT2D eigenvalue weighted by molar-refractivity contribution is 7.89. The molecule has 0 aromatic rings. The number of likely N-dealkylation sites (N-methyl/N-ethyl adjacent to an activating group) is 1. The van der Waals surface area contributed by atoms with Gasteiger partial charge in [0.1, 0.15) is 0 Å². The van der Waals surface area contributed by atoms with Crippen LogP contribution in [0.2, 0.25) is 0 Å². The molecule has 1 N–H and O–H groups in total. The lowest BCUT2D eigenvalue weighted by Crippen LogP contribution is -2.41. The minimum atomic E-state index is -3.17. The number of halogens is 1. The van der Waals surface area contributed by atoms with E-state index >= 15 is 0 Å². The van der Waals surface area contributed by atoms with Crippen LogP contribution in [0, 0.1) is 5.92 Å². The van der Waals surface area contributed by atoms with Crippen molar-refractivity contribution >= 4 is 21.6 Å². The standard InChI is InChI=1S/C11H25ClN2O2S/c1-10(2)8-11(14(3)4)9-13-17(15,16)7-5-6-12/h10-11,13H,5-9H2,1-4H3. The summed E-state index contributed by atoms with van der Waals surface area (Å²) in [5, 5.41) is 0. The van der Waals surface area contributed by atoms with Crippen molar-refractivity contribution in [2.45, 2.75) is 32.7 Å². The lowest BCUT2D eigenvalue weighted by molar-refractivity contribution is 0.255. The first-order chi connectivity index (χ1) is 7.78. The average molecular weight is 285 g/mol. The number of sulfonamides is 1. The van der Waals surface area contributed by atoms with Gasteiger partial charge in [-0.1, -0.05) is 13.8 Å². The number of nitrogens with one attached hydrogen (secondary N) is 1. The number of alkyl halides is 1. The molecular weight excluding hydrogens is 260 g/mol. The van der Waals surface area contributed by atoms with Crippen LogP contribution in [0.1, 0.15) is 26.7 Å². The van der Waals surface area contributed by atoms with E-state index in [1.54, 1.807) is 0 Å². The van der Waals surface area contributed by atoms with E-state index in [1.165, 1.54) is 0 Å². The Bertz CT molecular complexity index is 292. The van der Waals surface area contributed by atoms with Crippen LogP contribution in [-0.2, 0) is 10.0 Å².